The predicted octanol–water partition coefficient (Wildman–Crippen LogP) is 3.63. The van der Waals surface area contributed by atoms with Gasteiger partial charge < -0.3 is 9.47 Å². The summed E-state index contributed by atoms with van der Waals surface area (Å²) in [6, 6.07) is 0. The van der Waals surface area contributed by atoms with Crippen molar-refractivity contribution in [1.82, 2.24) is 14.4 Å². The Morgan fingerprint density at radius 1 is 0.960 bits per heavy atom. The van der Waals surface area contributed by atoms with Crippen LogP contribution in [-0.4, -0.2) is 40.8 Å². The maximum Gasteiger partial charge on any atom is 0.156 e. The molecule has 0 spiro atoms. The Kier molecular flexibility index (Phi) is 4.61. The maximum absolute atomic E-state index is 5.54. The second-order valence-electron chi connectivity index (χ2n) is 7.08. The van der Waals surface area contributed by atoms with E-state index in [1.54, 1.807) is 0 Å². The molecule has 2 aromatic heterocycles. The molecule has 2 aliphatic heterocycles. The summed E-state index contributed by atoms with van der Waals surface area (Å²) in [6.07, 6.45) is 11.9. The van der Waals surface area contributed by atoms with E-state index in [1.165, 1.54) is 22.7 Å². The molecular weight excluding hydrogens is 314 g/mol. The molecule has 5 heteroatoms. The third kappa shape index (κ3) is 2.89. The van der Waals surface area contributed by atoms with Crippen molar-refractivity contribution in [3.05, 3.63) is 35.6 Å². The van der Waals surface area contributed by atoms with Crippen molar-refractivity contribution in [3.63, 3.8) is 0 Å². The first-order valence-corrected chi connectivity index (χ1v) is 9.13. The zero-order chi connectivity index (χ0) is 15.9. The van der Waals surface area contributed by atoms with Crippen LogP contribution in [0.15, 0.2) is 18.5 Å². The van der Waals surface area contributed by atoms with E-state index >= 15 is 0 Å². The lowest BCUT2D eigenvalue weighted by molar-refractivity contribution is 0.0807. The van der Waals surface area contributed by atoms with Gasteiger partial charge in [0.2, 0.25) is 0 Å². The topological polar surface area (TPSA) is 48.7 Å². The third-order valence-corrected chi connectivity index (χ3v) is 5.69. The number of nitrogens with zero attached hydrogens (tertiary/aromatic N) is 3. The predicted molar refractivity (Wildman–Crippen MR) is 97.7 cm³/mol. The Morgan fingerprint density at radius 2 is 1.64 bits per heavy atom. The van der Waals surface area contributed by atoms with Crippen LogP contribution in [0.3, 0.4) is 0 Å². The molecule has 5 rings (SSSR count). The van der Waals surface area contributed by atoms with Crippen molar-refractivity contribution in [1.29, 1.82) is 0 Å². The van der Waals surface area contributed by atoms with Crippen LogP contribution in [0.25, 0.3) is 11.2 Å². The van der Waals surface area contributed by atoms with Crippen molar-refractivity contribution >= 4 is 11.2 Å². The molecule has 134 valence electrons. The number of aromatic nitrogens is 3. The van der Waals surface area contributed by atoms with Crippen LogP contribution in [0.1, 0.15) is 56.1 Å². The largest absolute Gasteiger partial charge is 0.381 e. The number of hydrogen-bond acceptors (Lipinski definition) is 4. The van der Waals surface area contributed by atoms with Crippen LogP contribution in [0.4, 0.5) is 0 Å². The quantitative estimate of drug-likeness (QED) is 0.837. The molecule has 0 saturated carbocycles. The molecule has 3 aliphatic rings. The summed E-state index contributed by atoms with van der Waals surface area (Å²) in [5, 5.41) is 0. The van der Waals surface area contributed by atoms with Gasteiger partial charge in [0.1, 0.15) is 0 Å². The minimum absolute atomic E-state index is 0. The minimum atomic E-state index is 0. The van der Waals surface area contributed by atoms with E-state index in [9.17, 15) is 0 Å². The Morgan fingerprint density at radius 3 is 2.36 bits per heavy atom. The minimum Gasteiger partial charge on any atom is -0.381 e. The number of allylic oxidation sites excluding steroid dienone is 2. The Balaban J connectivity index is 0.00000157. The van der Waals surface area contributed by atoms with Gasteiger partial charge >= 0.3 is 0 Å². The first-order valence-electron chi connectivity index (χ1n) is 9.13. The highest BCUT2D eigenvalue weighted by Crippen LogP contribution is 2.37. The van der Waals surface area contributed by atoms with Crippen LogP contribution >= 0.6 is 0 Å². The first-order chi connectivity index (χ1) is 11.9. The van der Waals surface area contributed by atoms with Crippen LogP contribution < -0.4 is 0 Å². The molecule has 0 unspecified atom stereocenters. The van der Waals surface area contributed by atoms with E-state index in [4.69, 9.17) is 19.4 Å². The standard InChI is InChI=1S/C19H23N3O2.CH4/c1-2-16-19(15(1)13-3-7-23-8-4-13)22-12-17(21-18(22)11-20-16)14-5-9-24-10-6-14;/h1,11-14H,2-10H2;1H4. The van der Waals surface area contributed by atoms with Gasteiger partial charge in [-0.2, -0.15) is 0 Å². The third-order valence-electron chi connectivity index (χ3n) is 5.69. The molecular formula is C20H27N3O2. The number of rotatable bonds is 2. The van der Waals surface area contributed by atoms with E-state index in [2.05, 4.69) is 16.7 Å². The van der Waals surface area contributed by atoms with E-state index < -0.39 is 0 Å². The second kappa shape index (κ2) is 6.89. The fraction of sp³-hybridized carbons (Fsp3) is 0.600. The van der Waals surface area contributed by atoms with Crippen molar-refractivity contribution < 1.29 is 9.47 Å². The van der Waals surface area contributed by atoms with Crippen LogP contribution in [0.2, 0.25) is 0 Å². The van der Waals surface area contributed by atoms with Gasteiger partial charge in [-0.15, -0.1) is 0 Å². The normalized spacial score (nSPS) is 21.8. The maximum atomic E-state index is 5.54. The molecule has 0 radical (unpaired) electrons. The lowest BCUT2D eigenvalue weighted by atomic mass is 9.90. The number of ether oxygens (including phenoxy) is 2. The van der Waals surface area contributed by atoms with Crippen LogP contribution in [0, 0.1) is 5.92 Å². The summed E-state index contributed by atoms with van der Waals surface area (Å²) in [5.74, 6) is 1.12. The summed E-state index contributed by atoms with van der Waals surface area (Å²) >= 11 is 0. The van der Waals surface area contributed by atoms with Gasteiger partial charge in [0, 0.05) is 45.0 Å². The van der Waals surface area contributed by atoms with Crippen molar-refractivity contribution in [2.24, 2.45) is 5.92 Å². The van der Waals surface area contributed by atoms with Gasteiger partial charge in [0.25, 0.3) is 0 Å². The van der Waals surface area contributed by atoms with Crippen molar-refractivity contribution in [2.75, 3.05) is 26.4 Å². The molecule has 0 atom stereocenters. The van der Waals surface area contributed by atoms with Crippen molar-refractivity contribution in [2.45, 2.75) is 45.4 Å². The van der Waals surface area contributed by atoms with Gasteiger partial charge in [-0.3, -0.25) is 9.38 Å². The highest BCUT2D eigenvalue weighted by Gasteiger charge is 2.28. The van der Waals surface area contributed by atoms with E-state index in [0.29, 0.717) is 11.8 Å². The van der Waals surface area contributed by atoms with Gasteiger partial charge in [-0.25, -0.2) is 4.98 Å². The molecule has 2 fully saturated rings. The van der Waals surface area contributed by atoms with Gasteiger partial charge in [0.05, 0.1) is 23.3 Å². The lowest BCUT2D eigenvalue weighted by Crippen LogP contribution is -2.17. The molecule has 0 N–H and O–H groups in total. The smallest absolute Gasteiger partial charge is 0.156 e. The summed E-state index contributed by atoms with van der Waals surface area (Å²) in [6.45, 7) is 3.44. The van der Waals surface area contributed by atoms with Crippen LogP contribution in [0.5, 0.6) is 0 Å². The summed E-state index contributed by atoms with van der Waals surface area (Å²) in [7, 11) is 0. The molecule has 1 aliphatic carbocycles. The summed E-state index contributed by atoms with van der Waals surface area (Å²) in [4.78, 5) is 9.59. The summed E-state index contributed by atoms with van der Waals surface area (Å²) < 4.78 is 13.3. The Bertz CT molecular complexity index is 784. The average molecular weight is 341 g/mol. The number of fused-ring (bicyclic) bond motifs is 3. The van der Waals surface area contributed by atoms with Crippen molar-refractivity contribution in [3.8, 4) is 0 Å². The molecule has 2 saturated heterocycles. The van der Waals surface area contributed by atoms with Gasteiger partial charge in [-0.1, -0.05) is 13.5 Å². The monoisotopic (exact) mass is 341 g/mol. The van der Waals surface area contributed by atoms with Crippen LogP contribution in [-0.2, 0) is 15.9 Å². The fourth-order valence-corrected chi connectivity index (χ4v) is 4.34. The molecule has 0 bridgehead atoms. The molecule has 4 heterocycles. The average Bonchev–Trinajstić information content (AvgIpc) is 3.27. The highest BCUT2D eigenvalue weighted by atomic mass is 16.5. The fourth-order valence-electron chi connectivity index (χ4n) is 4.34. The zero-order valence-electron chi connectivity index (χ0n) is 13.9. The molecule has 5 nitrogen and oxygen atoms in total. The summed E-state index contributed by atoms with van der Waals surface area (Å²) in [5.41, 5.74) is 6.13. The molecule has 25 heavy (non-hydrogen) atoms. The second-order valence-corrected chi connectivity index (χ2v) is 7.08. The van der Waals surface area contributed by atoms with Gasteiger partial charge in [0.15, 0.2) is 5.65 Å². The molecule has 2 aromatic rings. The van der Waals surface area contributed by atoms with Gasteiger partial charge in [-0.05, 0) is 37.2 Å². The molecule has 0 aromatic carbocycles. The Labute approximate surface area is 149 Å². The molecule has 0 amide bonds. The van der Waals surface area contributed by atoms with E-state index in [-0.39, 0.29) is 7.43 Å². The highest BCUT2D eigenvalue weighted by molar-refractivity contribution is 5.73. The number of hydrogen-bond donors (Lipinski definition) is 0. The van der Waals surface area contributed by atoms with E-state index in [0.717, 1.165) is 64.2 Å². The SMILES string of the molecule is C.C1=C(C2CCOCC2)c2c(ncc3nc(C4CCOCC4)cn23)C1. The number of imidazole rings is 1. The van der Waals surface area contributed by atoms with E-state index in [1.807, 2.05) is 6.20 Å². The Hall–Kier alpha value is -1.72. The lowest BCUT2D eigenvalue weighted by Gasteiger charge is -2.24. The zero-order valence-corrected chi connectivity index (χ0v) is 13.9. The first kappa shape index (κ1) is 16.7.